The molecular weight excluding hydrogens is 186 g/mol. The van der Waals surface area contributed by atoms with E-state index in [0.717, 1.165) is 26.2 Å². The summed E-state index contributed by atoms with van der Waals surface area (Å²) in [7, 11) is 1.76. The second-order valence-corrected chi connectivity index (χ2v) is 3.75. The Bertz CT molecular complexity index is 248. The Kier molecular flexibility index (Phi) is 6.05. The monoisotopic (exact) mass is 207 g/mol. The van der Waals surface area contributed by atoms with Crippen molar-refractivity contribution in [2.45, 2.75) is 19.9 Å². The first kappa shape index (κ1) is 12.2. The molecule has 0 atom stereocenters. The second-order valence-electron chi connectivity index (χ2n) is 3.75. The average Bonchev–Trinajstić information content (AvgIpc) is 2.28. The number of rotatable bonds is 7. The molecule has 2 nitrogen and oxygen atoms in total. The van der Waals surface area contributed by atoms with Crippen molar-refractivity contribution < 1.29 is 4.74 Å². The molecule has 0 heterocycles. The molecule has 1 rings (SSSR count). The van der Waals surface area contributed by atoms with Gasteiger partial charge in [0.05, 0.1) is 6.61 Å². The lowest BCUT2D eigenvalue weighted by Crippen LogP contribution is -2.27. The Labute approximate surface area is 92.9 Å². The molecule has 84 valence electrons. The fourth-order valence-electron chi connectivity index (χ4n) is 1.65. The number of nitrogens with zero attached hydrogens (tertiary/aromatic N) is 1. The molecule has 0 unspecified atom stereocenters. The first-order valence-electron chi connectivity index (χ1n) is 5.62. The van der Waals surface area contributed by atoms with Gasteiger partial charge in [-0.3, -0.25) is 4.90 Å². The lowest BCUT2D eigenvalue weighted by atomic mass is 10.2. The maximum atomic E-state index is 5.11. The zero-order chi connectivity index (χ0) is 10.9. The number of hydrogen-bond acceptors (Lipinski definition) is 2. The number of ether oxygens (including phenoxy) is 1. The summed E-state index contributed by atoms with van der Waals surface area (Å²) in [4.78, 5) is 2.43. The van der Waals surface area contributed by atoms with Crippen LogP contribution in [0.4, 0.5) is 0 Å². The van der Waals surface area contributed by atoms with Gasteiger partial charge in [0.2, 0.25) is 0 Å². The van der Waals surface area contributed by atoms with Crippen LogP contribution >= 0.6 is 0 Å². The Morgan fingerprint density at radius 2 is 1.87 bits per heavy atom. The van der Waals surface area contributed by atoms with E-state index in [1.165, 1.54) is 12.0 Å². The Balaban J connectivity index is 2.43. The van der Waals surface area contributed by atoms with E-state index in [4.69, 9.17) is 4.74 Å². The molecule has 0 aromatic heterocycles. The van der Waals surface area contributed by atoms with Gasteiger partial charge in [-0.05, 0) is 18.5 Å². The van der Waals surface area contributed by atoms with Gasteiger partial charge >= 0.3 is 0 Å². The highest BCUT2D eigenvalue weighted by Gasteiger charge is 2.03. The van der Waals surface area contributed by atoms with E-state index >= 15 is 0 Å². The predicted octanol–water partition coefficient (Wildman–Crippen LogP) is 2.55. The number of methoxy groups -OCH3 is 1. The normalized spacial score (nSPS) is 10.9. The van der Waals surface area contributed by atoms with Crippen LogP contribution in [0.15, 0.2) is 30.3 Å². The minimum Gasteiger partial charge on any atom is -0.383 e. The highest BCUT2D eigenvalue weighted by atomic mass is 16.5. The lowest BCUT2D eigenvalue weighted by Gasteiger charge is -2.21. The van der Waals surface area contributed by atoms with Gasteiger partial charge in [0.25, 0.3) is 0 Å². The second kappa shape index (κ2) is 7.43. The van der Waals surface area contributed by atoms with Gasteiger partial charge in [-0.1, -0.05) is 37.3 Å². The Morgan fingerprint density at radius 1 is 1.13 bits per heavy atom. The van der Waals surface area contributed by atoms with Crippen LogP contribution in [0.1, 0.15) is 18.9 Å². The maximum Gasteiger partial charge on any atom is 0.0589 e. The van der Waals surface area contributed by atoms with Crippen molar-refractivity contribution in [3.63, 3.8) is 0 Å². The van der Waals surface area contributed by atoms with Crippen molar-refractivity contribution in [2.75, 3.05) is 26.8 Å². The van der Waals surface area contributed by atoms with Gasteiger partial charge in [-0.25, -0.2) is 0 Å². The predicted molar refractivity (Wildman–Crippen MR) is 63.9 cm³/mol. The van der Waals surface area contributed by atoms with Crippen LogP contribution in [0.2, 0.25) is 0 Å². The summed E-state index contributed by atoms with van der Waals surface area (Å²) in [5, 5.41) is 0. The van der Waals surface area contributed by atoms with Crippen LogP contribution in [-0.2, 0) is 11.3 Å². The first-order valence-corrected chi connectivity index (χ1v) is 5.62. The highest BCUT2D eigenvalue weighted by molar-refractivity contribution is 5.14. The highest BCUT2D eigenvalue weighted by Crippen LogP contribution is 2.04. The third-order valence-corrected chi connectivity index (χ3v) is 2.40. The van der Waals surface area contributed by atoms with Crippen molar-refractivity contribution in [3.05, 3.63) is 35.9 Å². The molecule has 0 amide bonds. The standard InChI is InChI=1S/C13H21NO/c1-3-9-14(10-11-15-2)12-13-7-5-4-6-8-13/h4-8H,3,9-12H2,1-2H3. The fourth-order valence-corrected chi connectivity index (χ4v) is 1.65. The van der Waals surface area contributed by atoms with Crippen LogP contribution in [0.5, 0.6) is 0 Å². The summed E-state index contributed by atoms with van der Waals surface area (Å²) in [5.74, 6) is 0. The summed E-state index contributed by atoms with van der Waals surface area (Å²) in [6, 6.07) is 10.6. The summed E-state index contributed by atoms with van der Waals surface area (Å²) in [6.07, 6.45) is 1.19. The molecule has 0 saturated heterocycles. The van der Waals surface area contributed by atoms with Gasteiger partial charge in [0.1, 0.15) is 0 Å². The molecule has 0 radical (unpaired) electrons. The van der Waals surface area contributed by atoms with Crippen molar-refractivity contribution in [3.8, 4) is 0 Å². The van der Waals surface area contributed by atoms with Gasteiger partial charge in [0, 0.05) is 20.2 Å². The van der Waals surface area contributed by atoms with Crippen LogP contribution in [0, 0.1) is 0 Å². The third kappa shape index (κ3) is 4.96. The molecule has 1 aromatic carbocycles. The molecular formula is C13H21NO. The van der Waals surface area contributed by atoms with E-state index in [-0.39, 0.29) is 0 Å². The molecule has 15 heavy (non-hydrogen) atoms. The molecule has 0 aliphatic heterocycles. The van der Waals surface area contributed by atoms with Gasteiger partial charge < -0.3 is 4.74 Å². The molecule has 0 spiro atoms. The summed E-state index contributed by atoms with van der Waals surface area (Å²) in [6.45, 7) is 6.20. The van der Waals surface area contributed by atoms with E-state index in [2.05, 4.69) is 42.2 Å². The molecule has 0 bridgehead atoms. The molecule has 0 aliphatic rings. The van der Waals surface area contributed by atoms with Crippen molar-refractivity contribution in [1.82, 2.24) is 4.90 Å². The minimum absolute atomic E-state index is 0.812. The van der Waals surface area contributed by atoms with Gasteiger partial charge in [-0.2, -0.15) is 0 Å². The smallest absolute Gasteiger partial charge is 0.0589 e. The van der Waals surface area contributed by atoms with Gasteiger partial charge in [0.15, 0.2) is 0 Å². The van der Waals surface area contributed by atoms with Crippen LogP contribution in [0.3, 0.4) is 0 Å². The summed E-state index contributed by atoms with van der Waals surface area (Å²) in [5.41, 5.74) is 1.38. The average molecular weight is 207 g/mol. The van der Waals surface area contributed by atoms with E-state index in [1.54, 1.807) is 7.11 Å². The maximum absolute atomic E-state index is 5.11. The van der Waals surface area contributed by atoms with Crippen LogP contribution in [-0.4, -0.2) is 31.7 Å². The van der Waals surface area contributed by atoms with E-state index < -0.39 is 0 Å². The molecule has 0 N–H and O–H groups in total. The Hall–Kier alpha value is -0.860. The molecule has 0 saturated carbocycles. The summed E-state index contributed by atoms with van der Waals surface area (Å²) >= 11 is 0. The zero-order valence-corrected chi connectivity index (χ0v) is 9.78. The lowest BCUT2D eigenvalue weighted by molar-refractivity contribution is 0.144. The zero-order valence-electron chi connectivity index (χ0n) is 9.78. The van der Waals surface area contributed by atoms with Crippen LogP contribution in [0.25, 0.3) is 0 Å². The summed E-state index contributed by atoms with van der Waals surface area (Å²) < 4.78 is 5.11. The molecule has 1 aromatic rings. The van der Waals surface area contributed by atoms with E-state index in [9.17, 15) is 0 Å². The largest absolute Gasteiger partial charge is 0.383 e. The SMILES string of the molecule is CCCN(CCOC)Cc1ccccc1. The van der Waals surface area contributed by atoms with Crippen molar-refractivity contribution >= 4 is 0 Å². The van der Waals surface area contributed by atoms with E-state index in [1.807, 2.05) is 0 Å². The quantitative estimate of drug-likeness (QED) is 0.681. The number of benzene rings is 1. The molecule has 0 fully saturated rings. The van der Waals surface area contributed by atoms with Crippen LogP contribution < -0.4 is 0 Å². The van der Waals surface area contributed by atoms with E-state index in [0.29, 0.717) is 0 Å². The fraction of sp³-hybridized carbons (Fsp3) is 0.538. The van der Waals surface area contributed by atoms with Crippen molar-refractivity contribution in [2.24, 2.45) is 0 Å². The Morgan fingerprint density at radius 3 is 2.47 bits per heavy atom. The number of hydrogen-bond donors (Lipinski definition) is 0. The minimum atomic E-state index is 0.812. The van der Waals surface area contributed by atoms with Crippen molar-refractivity contribution in [1.29, 1.82) is 0 Å². The third-order valence-electron chi connectivity index (χ3n) is 2.40. The molecule has 2 heteroatoms. The molecule has 0 aliphatic carbocycles. The first-order chi connectivity index (χ1) is 7.36. The van der Waals surface area contributed by atoms with Gasteiger partial charge in [-0.15, -0.1) is 0 Å². The topological polar surface area (TPSA) is 12.5 Å².